The zero-order chi connectivity index (χ0) is 52.8. The van der Waals surface area contributed by atoms with Crippen molar-refractivity contribution in [3.05, 3.63) is 180 Å². The van der Waals surface area contributed by atoms with Crippen molar-refractivity contribution < 1.29 is 0 Å². The van der Waals surface area contributed by atoms with Crippen LogP contribution in [0, 0.1) is 23.7 Å². The Morgan fingerprint density at radius 3 is 0.841 bits per heavy atom. The Balaban J connectivity index is 0. The Kier molecular flexibility index (Phi) is 39.0. The third kappa shape index (κ3) is 24.8. The Morgan fingerprint density at radius 1 is 0.304 bits per heavy atom. The zero-order valence-electron chi connectivity index (χ0n) is 48.8. The Bertz CT molecular complexity index is 1890. The molecule has 0 unspecified atom stereocenters. The lowest BCUT2D eigenvalue weighted by Gasteiger charge is -2.57. The van der Waals surface area contributed by atoms with Gasteiger partial charge in [-0.1, -0.05) is 303 Å². The fourth-order valence-electron chi connectivity index (χ4n) is 9.35. The van der Waals surface area contributed by atoms with Crippen LogP contribution >= 0.6 is 0 Å². The maximum absolute atomic E-state index is 2.46. The van der Waals surface area contributed by atoms with Crippen LogP contribution in [-0.2, 0) is 5.41 Å². The van der Waals surface area contributed by atoms with E-state index in [1.807, 2.05) is 95.2 Å². The first kappa shape index (κ1) is 66.7. The molecule has 69 heavy (non-hydrogen) atoms. The molecule has 0 heterocycles. The number of hydrogen-bond acceptors (Lipinski definition) is 0. The molecule has 6 aromatic carbocycles. The van der Waals surface area contributed by atoms with Crippen molar-refractivity contribution in [3.63, 3.8) is 0 Å². The van der Waals surface area contributed by atoms with E-state index in [4.69, 9.17) is 0 Å². The van der Waals surface area contributed by atoms with Crippen molar-refractivity contribution in [2.24, 2.45) is 23.7 Å². The minimum absolute atomic E-state index is 0.574. The Morgan fingerprint density at radius 2 is 0.551 bits per heavy atom. The SMILES string of the molecule is CC.CC.CC.CC.CC.CC.CC(C)C.CC(C)c1ccc(-c2ccccc2)cc1.CC(C)c1ccc(C23CC4CC(CC(C4)C2)C3)cc1.CC(C)c1ccccc1.c1ccc2ccccc2c1. The smallest absolute Gasteiger partial charge is 0.00391 e. The molecule has 4 fully saturated rings. The van der Waals surface area contributed by atoms with Gasteiger partial charge in [-0.15, -0.1) is 0 Å². The van der Waals surface area contributed by atoms with E-state index < -0.39 is 0 Å². The summed E-state index contributed by atoms with van der Waals surface area (Å²) in [6.07, 6.45) is 9.09. The van der Waals surface area contributed by atoms with Gasteiger partial charge in [0.05, 0.1) is 0 Å². The second kappa shape index (κ2) is 40.3. The number of rotatable bonds is 5. The van der Waals surface area contributed by atoms with Crippen molar-refractivity contribution in [3.8, 4) is 11.1 Å². The fourth-order valence-corrected chi connectivity index (χ4v) is 9.35. The van der Waals surface area contributed by atoms with Gasteiger partial charge in [-0.3, -0.25) is 0 Å². The van der Waals surface area contributed by atoms with Crippen molar-refractivity contribution in [1.29, 1.82) is 0 Å². The summed E-state index contributed by atoms with van der Waals surface area (Å²) in [5.41, 5.74) is 9.12. The van der Waals surface area contributed by atoms with E-state index >= 15 is 0 Å². The largest absolute Gasteiger partial charge is 0.0683 e. The van der Waals surface area contributed by atoms with Crippen molar-refractivity contribution in [1.82, 2.24) is 0 Å². The zero-order valence-corrected chi connectivity index (χ0v) is 48.8. The van der Waals surface area contributed by atoms with Crippen molar-refractivity contribution in [2.75, 3.05) is 0 Å². The molecule has 4 bridgehead atoms. The van der Waals surface area contributed by atoms with Gasteiger partial charge in [-0.2, -0.15) is 0 Å². The first-order valence-electron chi connectivity index (χ1n) is 28.2. The second-order valence-electron chi connectivity index (χ2n) is 18.8. The molecule has 4 aliphatic carbocycles. The van der Waals surface area contributed by atoms with Gasteiger partial charge in [-0.25, -0.2) is 0 Å². The maximum Gasteiger partial charge on any atom is -0.00391 e. The van der Waals surface area contributed by atoms with E-state index in [0.717, 1.165) is 23.7 Å². The van der Waals surface area contributed by atoms with Gasteiger partial charge in [0.25, 0.3) is 0 Å². The highest BCUT2D eigenvalue weighted by Crippen LogP contribution is 2.60. The summed E-state index contributed by atoms with van der Waals surface area (Å²) in [4.78, 5) is 0. The molecular weight excluding hydrogens is 829 g/mol. The maximum atomic E-state index is 2.46. The van der Waals surface area contributed by atoms with Gasteiger partial charge in [0.15, 0.2) is 0 Å². The summed E-state index contributed by atoms with van der Waals surface area (Å²) >= 11 is 0. The highest BCUT2D eigenvalue weighted by atomic mass is 14.6. The molecule has 0 saturated heterocycles. The predicted molar refractivity (Wildman–Crippen MR) is 319 cm³/mol. The quantitative estimate of drug-likeness (QED) is 0.162. The fraction of sp³-hybridized carbons (Fsp3) is 0.507. The summed E-state index contributed by atoms with van der Waals surface area (Å²) in [6.45, 7) is 43.9. The lowest BCUT2D eigenvalue weighted by Crippen LogP contribution is -2.48. The molecule has 0 aliphatic heterocycles. The van der Waals surface area contributed by atoms with Crippen molar-refractivity contribution in [2.45, 2.75) is 207 Å². The summed E-state index contributed by atoms with van der Waals surface area (Å²) in [5.74, 6) is 5.91. The first-order chi connectivity index (χ1) is 33.4. The van der Waals surface area contributed by atoms with Crippen LogP contribution in [0.25, 0.3) is 21.9 Å². The van der Waals surface area contributed by atoms with Crippen LogP contribution in [0.5, 0.6) is 0 Å². The van der Waals surface area contributed by atoms with E-state index in [1.165, 1.54) is 57.9 Å². The van der Waals surface area contributed by atoms with Crippen LogP contribution < -0.4 is 0 Å². The molecule has 0 heteroatoms. The van der Waals surface area contributed by atoms with E-state index in [2.05, 4.69) is 208 Å². The van der Waals surface area contributed by atoms with E-state index in [-0.39, 0.29) is 0 Å². The predicted octanol–water partition coefficient (Wildman–Crippen LogP) is 23.2. The number of hydrogen-bond donors (Lipinski definition) is 0. The molecule has 0 atom stereocenters. The van der Waals surface area contributed by atoms with Gasteiger partial charge < -0.3 is 0 Å². The molecule has 0 nitrogen and oxygen atoms in total. The number of fused-ring (bicyclic) bond motifs is 1. The Labute approximate surface area is 430 Å². The molecule has 0 spiro atoms. The van der Waals surface area contributed by atoms with Gasteiger partial charge >= 0.3 is 0 Å². The molecule has 6 aromatic rings. The molecule has 4 aliphatic rings. The monoisotopic (exact) mass is 937 g/mol. The summed E-state index contributed by atoms with van der Waals surface area (Å²) in [6, 6.07) is 56.2. The van der Waals surface area contributed by atoms with Crippen LogP contribution in [0.3, 0.4) is 0 Å². The normalized spacial score (nSPS) is 17.1. The molecule has 10 rings (SSSR count). The molecule has 0 amide bonds. The van der Waals surface area contributed by atoms with Crippen LogP contribution in [0.15, 0.2) is 158 Å². The van der Waals surface area contributed by atoms with Gasteiger partial charge in [-0.05, 0) is 130 Å². The van der Waals surface area contributed by atoms with E-state index in [0.29, 0.717) is 23.2 Å². The highest BCUT2D eigenvalue weighted by Gasteiger charge is 2.51. The first-order valence-corrected chi connectivity index (χ1v) is 28.2. The third-order valence-electron chi connectivity index (χ3n) is 12.0. The minimum atomic E-state index is 0.574. The topological polar surface area (TPSA) is 0 Å². The molecule has 384 valence electrons. The van der Waals surface area contributed by atoms with E-state index in [1.54, 1.807) is 24.8 Å². The molecule has 0 aromatic heterocycles. The van der Waals surface area contributed by atoms with Crippen molar-refractivity contribution >= 4 is 10.8 Å². The molecule has 4 saturated carbocycles. The van der Waals surface area contributed by atoms with Gasteiger partial charge in [0, 0.05) is 0 Å². The molecular formula is C69H108. The van der Waals surface area contributed by atoms with Crippen LogP contribution in [0.2, 0.25) is 0 Å². The number of benzene rings is 6. The second-order valence-corrected chi connectivity index (χ2v) is 18.8. The summed E-state index contributed by atoms with van der Waals surface area (Å²) in [5, 5.41) is 2.62. The third-order valence-corrected chi connectivity index (χ3v) is 12.0. The summed E-state index contributed by atoms with van der Waals surface area (Å²) in [7, 11) is 0. The minimum Gasteiger partial charge on any atom is -0.0683 e. The van der Waals surface area contributed by atoms with Crippen LogP contribution in [0.1, 0.15) is 224 Å². The average Bonchev–Trinajstić information content (AvgIpc) is 3.40. The van der Waals surface area contributed by atoms with Gasteiger partial charge in [0.2, 0.25) is 0 Å². The van der Waals surface area contributed by atoms with Gasteiger partial charge in [0.1, 0.15) is 0 Å². The summed E-state index contributed by atoms with van der Waals surface area (Å²) < 4.78 is 0. The van der Waals surface area contributed by atoms with E-state index in [9.17, 15) is 0 Å². The van der Waals surface area contributed by atoms with Crippen LogP contribution in [-0.4, -0.2) is 0 Å². The standard InChI is InChI=1S/C19H26.C15H16.C10H8.C9H12.C4H10.6C2H6/c1-13(2)17-3-5-18(6-4-17)19-10-14-7-15(11-19)9-16(8-14)12-19;1-12(2)13-8-10-15(11-9-13)14-6-4-3-5-7-14;1-2-6-10-8-4-3-7-9(10)5-1;1-8(2)9-6-4-3-5-7-9;1-4(2)3;6*1-2/h3-6,13-16H,7-12H2,1-2H3;3-12H,1-2H3;1-8H;3-8H,1-2H3;4H,1-3H3;6*1-2H3. The lowest BCUT2D eigenvalue weighted by atomic mass is 9.48. The molecule has 0 radical (unpaired) electrons. The Hall–Kier alpha value is -4.42. The molecule has 0 N–H and O–H groups in total. The average molecular weight is 938 g/mol. The highest BCUT2D eigenvalue weighted by molar-refractivity contribution is 5.82. The van der Waals surface area contributed by atoms with Crippen LogP contribution in [0.4, 0.5) is 0 Å². The lowest BCUT2D eigenvalue weighted by molar-refractivity contribution is -0.00519.